The van der Waals surface area contributed by atoms with E-state index in [2.05, 4.69) is 25.0 Å². The van der Waals surface area contributed by atoms with Crippen LogP contribution in [0.15, 0.2) is 29.4 Å². The van der Waals surface area contributed by atoms with Crippen LogP contribution in [-0.4, -0.2) is 48.3 Å². The highest BCUT2D eigenvalue weighted by atomic mass is 19.4. The maximum atomic E-state index is 14.0. The number of nitrogens with two attached hydrogens (primary N) is 1. The topological polar surface area (TPSA) is 112 Å². The Morgan fingerprint density at radius 2 is 2.07 bits per heavy atom. The molecule has 1 heterocycles. The third kappa shape index (κ3) is 6.87. The van der Waals surface area contributed by atoms with Gasteiger partial charge in [-0.05, 0) is 30.7 Å². The van der Waals surface area contributed by atoms with Crippen molar-refractivity contribution < 1.29 is 31.8 Å². The fourth-order valence-electron chi connectivity index (χ4n) is 2.27. The predicted octanol–water partition coefficient (Wildman–Crippen LogP) is 2.62. The minimum atomic E-state index is -4.52. The summed E-state index contributed by atoms with van der Waals surface area (Å²) < 4.78 is 60.1. The quantitative estimate of drug-likeness (QED) is 0.398. The molecule has 0 aliphatic rings. The van der Waals surface area contributed by atoms with Gasteiger partial charge in [0.05, 0.1) is 18.5 Å². The SMILES string of the molecule is C/N=C(/N)OCCc1cc(NC(=O)c2ncc(OCC(F)(F)F)nc2C)ccc1F. The zero-order valence-electron chi connectivity index (χ0n) is 16.1. The van der Waals surface area contributed by atoms with Crippen LogP contribution >= 0.6 is 0 Å². The van der Waals surface area contributed by atoms with Crippen LogP contribution in [0.1, 0.15) is 21.7 Å². The lowest BCUT2D eigenvalue weighted by Crippen LogP contribution is -2.21. The summed E-state index contributed by atoms with van der Waals surface area (Å²) in [4.78, 5) is 23.6. The van der Waals surface area contributed by atoms with Crippen LogP contribution in [0.5, 0.6) is 5.88 Å². The Morgan fingerprint density at radius 3 is 2.70 bits per heavy atom. The van der Waals surface area contributed by atoms with Gasteiger partial charge >= 0.3 is 6.18 Å². The maximum Gasteiger partial charge on any atom is 0.422 e. The van der Waals surface area contributed by atoms with Crippen LogP contribution in [0.2, 0.25) is 0 Å². The first-order valence-electron chi connectivity index (χ1n) is 8.57. The van der Waals surface area contributed by atoms with E-state index in [0.29, 0.717) is 0 Å². The number of aromatic nitrogens is 2. The minimum Gasteiger partial charge on any atom is -0.467 e. The van der Waals surface area contributed by atoms with E-state index >= 15 is 0 Å². The molecular formula is C18H19F4N5O3. The monoisotopic (exact) mass is 429 g/mol. The first-order valence-corrected chi connectivity index (χ1v) is 8.57. The number of nitrogens with one attached hydrogen (secondary N) is 1. The Balaban J connectivity index is 2.05. The number of carbonyl (C=O) groups excluding carboxylic acids is 1. The Labute approximate surface area is 169 Å². The smallest absolute Gasteiger partial charge is 0.422 e. The van der Waals surface area contributed by atoms with Gasteiger partial charge in [-0.2, -0.15) is 13.2 Å². The molecule has 0 saturated carbocycles. The lowest BCUT2D eigenvalue weighted by Gasteiger charge is -2.11. The number of carbonyl (C=O) groups is 1. The summed E-state index contributed by atoms with van der Waals surface area (Å²) >= 11 is 0. The summed E-state index contributed by atoms with van der Waals surface area (Å²) in [5, 5.41) is 2.53. The highest BCUT2D eigenvalue weighted by Gasteiger charge is 2.29. The van der Waals surface area contributed by atoms with E-state index in [0.717, 1.165) is 6.20 Å². The maximum absolute atomic E-state index is 14.0. The molecular weight excluding hydrogens is 410 g/mol. The number of amides is 1. The summed E-state index contributed by atoms with van der Waals surface area (Å²) in [6, 6.07) is 3.91. The zero-order chi connectivity index (χ0) is 22.3. The van der Waals surface area contributed by atoms with E-state index in [4.69, 9.17) is 10.5 Å². The molecule has 0 atom stereocenters. The second-order valence-corrected chi connectivity index (χ2v) is 5.97. The van der Waals surface area contributed by atoms with Gasteiger partial charge in [0.25, 0.3) is 11.9 Å². The van der Waals surface area contributed by atoms with Gasteiger partial charge in [-0.3, -0.25) is 4.79 Å². The molecule has 1 aromatic heterocycles. The van der Waals surface area contributed by atoms with E-state index in [9.17, 15) is 22.4 Å². The number of aryl methyl sites for hydroxylation is 1. The van der Waals surface area contributed by atoms with E-state index in [1.165, 1.54) is 32.2 Å². The molecule has 0 radical (unpaired) electrons. The number of alkyl halides is 3. The number of anilines is 1. The summed E-state index contributed by atoms with van der Waals surface area (Å²) in [5.41, 5.74) is 5.91. The molecule has 3 N–H and O–H groups in total. The molecule has 12 heteroatoms. The minimum absolute atomic E-state index is 0.0309. The van der Waals surface area contributed by atoms with Crippen LogP contribution in [0.3, 0.4) is 0 Å². The van der Waals surface area contributed by atoms with E-state index in [1.54, 1.807) is 0 Å². The van der Waals surface area contributed by atoms with Crippen LogP contribution in [0.4, 0.5) is 23.2 Å². The van der Waals surface area contributed by atoms with Crippen molar-refractivity contribution in [2.75, 3.05) is 25.6 Å². The molecule has 2 rings (SSSR count). The van der Waals surface area contributed by atoms with Gasteiger partial charge in [-0.25, -0.2) is 19.4 Å². The molecule has 1 aromatic carbocycles. The molecule has 0 fully saturated rings. The highest BCUT2D eigenvalue weighted by molar-refractivity contribution is 6.03. The second-order valence-electron chi connectivity index (χ2n) is 5.97. The molecule has 0 saturated heterocycles. The molecule has 8 nitrogen and oxygen atoms in total. The normalized spacial score (nSPS) is 11.9. The first-order chi connectivity index (χ1) is 14.1. The number of hydrogen-bond donors (Lipinski definition) is 2. The molecule has 162 valence electrons. The second kappa shape index (κ2) is 9.85. The number of aliphatic imine (C=N–C) groups is 1. The van der Waals surface area contributed by atoms with Crippen molar-refractivity contribution in [3.63, 3.8) is 0 Å². The molecule has 1 amide bonds. The van der Waals surface area contributed by atoms with Crippen molar-refractivity contribution in [2.45, 2.75) is 19.5 Å². The molecule has 0 aliphatic heterocycles. The molecule has 2 aromatic rings. The summed E-state index contributed by atoms with van der Waals surface area (Å²) in [6.45, 7) is -0.0402. The fraction of sp³-hybridized carbons (Fsp3) is 0.333. The summed E-state index contributed by atoms with van der Waals surface area (Å²) in [7, 11) is 1.45. The number of nitrogens with zero attached hydrogens (tertiary/aromatic N) is 3. The van der Waals surface area contributed by atoms with Gasteiger partial charge in [-0.1, -0.05) is 0 Å². The van der Waals surface area contributed by atoms with Crippen LogP contribution in [0, 0.1) is 12.7 Å². The third-order valence-electron chi connectivity index (χ3n) is 3.67. The van der Waals surface area contributed by atoms with Crippen LogP contribution in [0.25, 0.3) is 0 Å². The van der Waals surface area contributed by atoms with Crippen LogP contribution in [-0.2, 0) is 11.2 Å². The molecule has 0 aliphatic carbocycles. The largest absolute Gasteiger partial charge is 0.467 e. The van der Waals surface area contributed by atoms with Crippen molar-refractivity contribution in [1.82, 2.24) is 9.97 Å². The number of amidine groups is 1. The Kier molecular flexibility index (Phi) is 7.50. The summed E-state index contributed by atoms with van der Waals surface area (Å²) in [6.07, 6.45) is -3.43. The number of benzene rings is 1. The molecule has 0 bridgehead atoms. The van der Waals surface area contributed by atoms with Crippen molar-refractivity contribution in [3.8, 4) is 5.88 Å². The standard InChI is InChI=1S/C18H19F4N5O3/c1-10-15(25-8-14(26-10)30-9-18(20,21)22)16(28)27-12-3-4-13(19)11(7-12)5-6-29-17(23)24-2/h3-4,7-8H,5-6,9H2,1-2H3,(H2,23,24)(H,27,28). The molecule has 30 heavy (non-hydrogen) atoms. The van der Waals surface area contributed by atoms with Gasteiger partial charge < -0.3 is 20.5 Å². The Morgan fingerprint density at radius 1 is 1.33 bits per heavy atom. The van der Waals surface area contributed by atoms with Gasteiger partial charge in [0.2, 0.25) is 5.88 Å². The fourth-order valence-corrected chi connectivity index (χ4v) is 2.27. The average Bonchev–Trinajstić information content (AvgIpc) is 2.68. The number of ether oxygens (including phenoxy) is 2. The Bertz CT molecular complexity index is 935. The average molecular weight is 429 g/mol. The lowest BCUT2D eigenvalue weighted by atomic mass is 10.1. The van der Waals surface area contributed by atoms with Gasteiger partial charge in [0, 0.05) is 19.2 Å². The molecule has 0 spiro atoms. The van der Waals surface area contributed by atoms with Gasteiger partial charge in [0.15, 0.2) is 6.61 Å². The lowest BCUT2D eigenvalue weighted by molar-refractivity contribution is -0.154. The van der Waals surface area contributed by atoms with Crippen molar-refractivity contribution in [2.24, 2.45) is 10.7 Å². The van der Waals surface area contributed by atoms with Gasteiger partial charge in [-0.15, -0.1) is 0 Å². The zero-order valence-corrected chi connectivity index (χ0v) is 16.1. The van der Waals surface area contributed by atoms with Crippen molar-refractivity contribution >= 4 is 17.6 Å². The first kappa shape index (κ1) is 22.8. The highest BCUT2D eigenvalue weighted by Crippen LogP contribution is 2.19. The summed E-state index contributed by atoms with van der Waals surface area (Å²) in [5.74, 6) is -1.52. The number of hydrogen-bond acceptors (Lipinski definition) is 6. The van der Waals surface area contributed by atoms with Crippen LogP contribution < -0.4 is 15.8 Å². The van der Waals surface area contributed by atoms with Gasteiger partial charge in [0.1, 0.15) is 11.5 Å². The third-order valence-corrected chi connectivity index (χ3v) is 3.67. The number of rotatable bonds is 7. The van der Waals surface area contributed by atoms with Crippen molar-refractivity contribution in [1.29, 1.82) is 0 Å². The predicted molar refractivity (Wildman–Crippen MR) is 99.9 cm³/mol. The van der Waals surface area contributed by atoms with E-state index in [-0.39, 0.29) is 47.6 Å². The van der Waals surface area contributed by atoms with E-state index < -0.39 is 24.5 Å². The number of halogens is 4. The Hall–Kier alpha value is -3.44. The van der Waals surface area contributed by atoms with E-state index in [1.807, 2.05) is 0 Å². The van der Waals surface area contributed by atoms with Crippen molar-refractivity contribution in [3.05, 3.63) is 47.2 Å². The molecule has 0 unspecified atom stereocenters.